The molecule has 7 nitrogen and oxygen atoms in total. The van der Waals surface area contributed by atoms with Crippen LogP contribution in [0.15, 0.2) is 66.7 Å². The molecule has 0 saturated heterocycles. The van der Waals surface area contributed by atoms with Gasteiger partial charge < -0.3 is 20.1 Å². The molecular weight excluding hydrogens is 442 g/mol. The Morgan fingerprint density at radius 2 is 1.60 bits per heavy atom. The molecule has 2 amide bonds. The lowest BCUT2D eigenvalue weighted by atomic mass is 9.99. The molecule has 0 spiro atoms. The van der Waals surface area contributed by atoms with Gasteiger partial charge in [-0.25, -0.2) is 0 Å². The summed E-state index contributed by atoms with van der Waals surface area (Å²) in [5.41, 5.74) is 4.46. The van der Waals surface area contributed by atoms with Crippen molar-refractivity contribution in [1.29, 1.82) is 0 Å². The van der Waals surface area contributed by atoms with Crippen molar-refractivity contribution in [1.82, 2.24) is 10.2 Å². The monoisotopic (exact) mass is 473 g/mol. The van der Waals surface area contributed by atoms with Crippen molar-refractivity contribution in [2.75, 3.05) is 39.2 Å². The van der Waals surface area contributed by atoms with Crippen LogP contribution in [0.5, 0.6) is 11.5 Å². The third-order valence-corrected chi connectivity index (χ3v) is 6.15. The van der Waals surface area contributed by atoms with Crippen LogP contribution in [0, 0.1) is 0 Å². The van der Waals surface area contributed by atoms with E-state index in [2.05, 4.69) is 15.5 Å². The molecule has 3 aromatic rings. The second-order valence-electron chi connectivity index (χ2n) is 8.52. The van der Waals surface area contributed by atoms with Crippen LogP contribution in [0.4, 0.5) is 5.69 Å². The Labute approximate surface area is 206 Å². The van der Waals surface area contributed by atoms with Gasteiger partial charge in [0, 0.05) is 19.6 Å². The summed E-state index contributed by atoms with van der Waals surface area (Å²) in [5.74, 6) is 1.05. The second kappa shape index (κ2) is 11.5. The number of amides is 2. The lowest BCUT2D eigenvalue weighted by Gasteiger charge is -2.29. The first kappa shape index (κ1) is 24.3. The van der Waals surface area contributed by atoms with Gasteiger partial charge in [-0.3, -0.25) is 14.5 Å². The molecular formula is C28H31N3O4. The topological polar surface area (TPSA) is 79.9 Å². The van der Waals surface area contributed by atoms with E-state index in [0.29, 0.717) is 30.1 Å². The maximum Gasteiger partial charge on any atom is 0.253 e. The van der Waals surface area contributed by atoms with Crippen molar-refractivity contribution < 1.29 is 19.1 Å². The number of nitrogens with one attached hydrogen (secondary N) is 2. The number of rotatable bonds is 9. The third-order valence-electron chi connectivity index (χ3n) is 6.15. The molecule has 7 heteroatoms. The van der Waals surface area contributed by atoms with Crippen LogP contribution in [0.25, 0.3) is 0 Å². The highest BCUT2D eigenvalue weighted by molar-refractivity contribution is 6.04. The Balaban J connectivity index is 1.34. The molecule has 4 rings (SSSR count). The standard InChI is InChI=1S/C28H31N3O4/c1-34-25-16-21-13-15-31(18-22(21)17-26(25)35-2)19-27(32)30-24-11-7-6-10-23(24)28(33)29-14-12-20-8-4-3-5-9-20/h3-11,16-17H,12-15,18-19H2,1-2H3,(H,29,33)(H,30,32). The van der Waals surface area contributed by atoms with Crippen molar-refractivity contribution in [2.45, 2.75) is 19.4 Å². The van der Waals surface area contributed by atoms with E-state index in [9.17, 15) is 9.59 Å². The minimum absolute atomic E-state index is 0.154. The van der Waals surface area contributed by atoms with E-state index in [0.717, 1.165) is 36.3 Å². The average Bonchev–Trinajstić information content (AvgIpc) is 2.88. The number of benzene rings is 3. The first-order chi connectivity index (χ1) is 17.1. The van der Waals surface area contributed by atoms with Crippen molar-refractivity contribution >= 4 is 17.5 Å². The number of nitrogens with zero attached hydrogens (tertiary/aromatic N) is 1. The van der Waals surface area contributed by atoms with Crippen LogP contribution in [0.2, 0.25) is 0 Å². The minimum Gasteiger partial charge on any atom is -0.493 e. The van der Waals surface area contributed by atoms with Gasteiger partial charge in [0.25, 0.3) is 5.91 Å². The van der Waals surface area contributed by atoms with Crippen molar-refractivity contribution in [2.24, 2.45) is 0 Å². The van der Waals surface area contributed by atoms with Crippen LogP contribution >= 0.6 is 0 Å². The smallest absolute Gasteiger partial charge is 0.253 e. The Hall–Kier alpha value is -3.84. The first-order valence-electron chi connectivity index (χ1n) is 11.7. The molecule has 0 radical (unpaired) electrons. The molecule has 2 N–H and O–H groups in total. The largest absolute Gasteiger partial charge is 0.493 e. The first-order valence-corrected chi connectivity index (χ1v) is 11.7. The van der Waals surface area contributed by atoms with Gasteiger partial charge in [-0.15, -0.1) is 0 Å². The predicted octanol–water partition coefficient (Wildman–Crippen LogP) is 3.67. The second-order valence-corrected chi connectivity index (χ2v) is 8.52. The Morgan fingerprint density at radius 3 is 2.34 bits per heavy atom. The van der Waals surface area contributed by atoms with Gasteiger partial charge in [0.1, 0.15) is 0 Å². The molecule has 0 bridgehead atoms. The van der Waals surface area contributed by atoms with Gasteiger partial charge in [-0.2, -0.15) is 0 Å². The number of para-hydroxylation sites is 1. The molecule has 0 atom stereocenters. The van der Waals surface area contributed by atoms with E-state index in [-0.39, 0.29) is 18.4 Å². The Bertz CT molecular complexity index is 1180. The fourth-order valence-electron chi connectivity index (χ4n) is 4.32. The van der Waals surface area contributed by atoms with Gasteiger partial charge in [0.15, 0.2) is 11.5 Å². The predicted molar refractivity (Wildman–Crippen MR) is 136 cm³/mol. The highest BCUT2D eigenvalue weighted by atomic mass is 16.5. The molecule has 1 aliphatic rings. The number of carbonyl (C=O) groups is 2. The van der Waals surface area contributed by atoms with E-state index >= 15 is 0 Å². The summed E-state index contributed by atoms with van der Waals surface area (Å²) in [6.45, 7) is 2.16. The number of hydrogen-bond acceptors (Lipinski definition) is 5. The molecule has 0 aromatic heterocycles. The highest BCUT2D eigenvalue weighted by Crippen LogP contribution is 2.33. The molecule has 1 heterocycles. The zero-order valence-electron chi connectivity index (χ0n) is 20.2. The van der Waals surface area contributed by atoms with Crippen LogP contribution in [0.1, 0.15) is 27.0 Å². The van der Waals surface area contributed by atoms with E-state index in [1.165, 1.54) is 5.56 Å². The fourth-order valence-corrected chi connectivity index (χ4v) is 4.32. The summed E-state index contributed by atoms with van der Waals surface area (Å²) < 4.78 is 10.8. The maximum atomic E-state index is 12.9. The minimum atomic E-state index is -0.204. The number of ether oxygens (including phenoxy) is 2. The normalized spacial score (nSPS) is 13.0. The quantitative estimate of drug-likeness (QED) is 0.496. The molecule has 182 valence electrons. The molecule has 1 aliphatic heterocycles. The van der Waals surface area contributed by atoms with E-state index < -0.39 is 0 Å². The Morgan fingerprint density at radius 1 is 0.914 bits per heavy atom. The summed E-state index contributed by atoms with van der Waals surface area (Å²) in [7, 11) is 3.25. The van der Waals surface area contributed by atoms with Crippen molar-refractivity contribution in [3.8, 4) is 11.5 Å². The fraction of sp³-hybridized carbons (Fsp3) is 0.286. The summed E-state index contributed by atoms with van der Waals surface area (Å²) in [6.07, 6.45) is 1.57. The third kappa shape index (κ3) is 6.19. The lowest BCUT2D eigenvalue weighted by Crippen LogP contribution is -2.37. The van der Waals surface area contributed by atoms with Crippen molar-refractivity contribution in [3.05, 3.63) is 89.0 Å². The van der Waals surface area contributed by atoms with Crippen LogP contribution < -0.4 is 20.1 Å². The van der Waals surface area contributed by atoms with E-state index in [1.54, 1.807) is 32.4 Å². The number of fused-ring (bicyclic) bond motifs is 1. The molecule has 35 heavy (non-hydrogen) atoms. The zero-order valence-corrected chi connectivity index (χ0v) is 20.2. The van der Waals surface area contributed by atoms with Gasteiger partial charge >= 0.3 is 0 Å². The number of methoxy groups -OCH3 is 2. The Kier molecular flexibility index (Phi) is 8.00. The number of anilines is 1. The summed E-state index contributed by atoms with van der Waals surface area (Å²) in [6, 6.07) is 21.1. The molecule has 0 fully saturated rings. The van der Waals surface area contributed by atoms with Crippen LogP contribution in [0.3, 0.4) is 0 Å². The number of hydrogen-bond donors (Lipinski definition) is 2. The average molecular weight is 474 g/mol. The SMILES string of the molecule is COc1cc2c(cc1OC)CN(CC(=O)Nc1ccccc1C(=O)NCCc1ccccc1)CC2. The van der Waals surface area contributed by atoms with Crippen LogP contribution in [-0.2, 0) is 24.2 Å². The summed E-state index contributed by atoms with van der Waals surface area (Å²) in [4.78, 5) is 27.7. The highest BCUT2D eigenvalue weighted by Gasteiger charge is 2.22. The molecule has 0 aliphatic carbocycles. The van der Waals surface area contributed by atoms with E-state index in [4.69, 9.17) is 9.47 Å². The van der Waals surface area contributed by atoms with Crippen LogP contribution in [-0.4, -0.2) is 50.6 Å². The molecule has 3 aromatic carbocycles. The van der Waals surface area contributed by atoms with Gasteiger partial charge in [-0.1, -0.05) is 42.5 Å². The van der Waals surface area contributed by atoms with Gasteiger partial charge in [0.05, 0.1) is 32.0 Å². The maximum absolute atomic E-state index is 12.9. The number of carbonyl (C=O) groups excluding carboxylic acids is 2. The van der Waals surface area contributed by atoms with Gasteiger partial charge in [0.2, 0.25) is 5.91 Å². The lowest BCUT2D eigenvalue weighted by molar-refractivity contribution is -0.117. The zero-order chi connectivity index (χ0) is 24.6. The molecule has 0 unspecified atom stereocenters. The summed E-state index contributed by atoms with van der Waals surface area (Å²) >= 11 is 0. The van der Waals surface area contributed by atoms with Crippen molar-refractivity contribution in [3.63, 3.8) is 0 Å². The summed E-state index contributed by atoms with van der Waals surface area (Å²) in [5, 5.41) is 5.88. The van der Waals surface area contributed by atoms with Gasteiger partial charge in [-0.05, 0) is 53.8 Å². The molecule has 0 saturated carbocycles. The van der Waals surface area contributed by atoms with E-state index in [1.807, 2.05) is 48.5 Å².